The van der Waals surface area contributed by atoms with E-state index in [9.17, 15) is 4.79 Å². The lowest BCUT2D eigenvalue weighted by molar-refractivity contribution is 0.102. The molecule has 1 aromatic carbocycles. The number of thioether (sulfide) groups is 1. The first kappa shape index (κ1) is 19.1. The fourth-order valence-electron chi connectivity index (χ4n) is 2.38. The predicted molar refractivity (Wildman–Crippen MR) is 113 cm³/mol. The number of halogens is 1. The molecule has 0 fully saturated rings. The number of hydrogen-bond acceptors (Lipinski definition) is 8. The molecule has 0 aliphatic rings. The molecular formula is C18H13ClN4O2S3. The van der Waals surface area contributed by atoms with Crippen molar-refractivity contribution in [2.24, 2.45) is 0 Å². The van der Waals surface area contributed by atoms with E-state index in [1.165, 1.54) is 34.4 Å². The predicted octanol–water partition coefficient (Wildman–Crippen LogP) is 5.76. The Kier molecular flexibility index (Phi) is 5.77. The molecule has 3 heterocycles. The van der Waals surface area contributed by atoms with Crippen LogP contribution in [-0.4, -0.2) is 21.0 Å². The Balaban J connectivity index is 1.47. The lowest BCUT2D eigenvalue weighted by Crippen LogP contribution is -2.12. The topological polar surface area (TPSA) is 80.9 Å². The van der Waals surface area contributed by atoms with Crippen molar-refractivity contribution in [1.29, 1.82) is 0 Å². The number of thiazole rings is 1. The summed E-state index contributed by atoms with van der Waals surface area (Å²) in [7, 11) is 0. The third kappa shape index (κ3) is 4.44. The second kappa shape index (κ2) is 8.44. The molecule has 0 unspecified atom stereocenters. The summed E-state index contributed by atoms with van der Waals surface area (Å²) in [4.78, 5) is 23.2. The molecule has 0 atom stereocenters. The van der Waals surface area contributed by atoms with E-state index in [2.05, 4.69) is 20.4 Å². The van der Waals surface area contributed by atoms with Gasteiger partial charge in [-0.1, -0.05) is 28.9 Å². The number of carbonyl (C=O) groups is 1. The van der Waals surface area contributed by atoms with E-state index in [0.717, 1.165) is 15.5 Å². The zero-order valence-corrected chi connectivity index (χ0v) is 17.7. The molecule has 1 N–H and O–H groups in total. The normalized spacial score (nSPS) is 10.9. The van der Waals surface area contributed by atoms with E-state index in [1.54, 1.807) is 13.0 Å². The first-order chi connectivity index (χ1) is 13.6. The van der Waals surface area contributed by atoms with Gasteiger partial charge in [-0.05, 0) is 24.3 Å². The minimum absolute atomic E-state index is 0.211. The second-order valence-electron chi connectivity index (χ2n) is 5.61. The third-order valence-electron chi connectivity index (χ3n) is 3.61. The first-order valence-corrected chi connectivity index (χ1v) is 11.2. The number of thiophene rings is 1. The Morgan fingerprint density at radius 2 is 2.11 bits per heavy atom. The number of carbonyl (C=O) groups excluding carboxylic acids is 1. The van der Waals surface area contributed by atoms with E-state index in [-0.39, 0.29) is 5.91 Å². The van der Waals surface area contributed by atoms with Gasteiger partial charge in [0, 0.05) is 17.2 Å². The summed E-state index contributed by atoms with van der Waals surface area (Å²) in [5, 5.41) is 9.20. The maximum Gasteiger partial charge on any atom is 0.258 e. The molecule has 0 saturated carbocycles. The van der Waals surface area contributed by atoms with Gasteiger partial charge in [-0.25, -0.2) is 4.98 Å². The molecule has 0 radical (unpaired) electrons. The Morgan fingerprint density at radius 3 is 2.86 bits per heavy atom. The van der Waals surface area contributed by atoms with Gasteiger partial charge < -0.3 is 4.52 Å². The summed E-state index contributed by atoms with van der Waals surface area (Å²) >= 11 is 10.3. The molecular weight excluding hydrogens is 436 g/mol. The Labute approximate surface area is 178 Å². The van der Waals surface area contributed by atoms with Crippen LogP contribution in [0.1, 0.15) is 22.1 Å². The highest BCUT2D eigenvalue weighted by Crippen LogP contribution is 2.33. The van der Waals surface area contributed by atoms with Crippen LogP contribution in [0.3, 0.4) is 0 Å². The number of anilines is 1. The molecule has 0 bridgehead atoms. The van der Waals surface area contributed by atoms with Crippen molar-refractivity contribution >= 4 is 57.1 Å². The van der Waals surface area contributed by atoms with Crippen LogP contribution >= 0.6 is 46.0 Å². The molecule has 10 heteroatoms. The van der Waals surface area contributed by atoms with E-state index in [4.69, 9.17) is 16.1 Å². The van der Waals surface area contributed by atoms with Gasteiger partial charge in [0.1, 0.15) is 0 Å². The molecule has 28 heavy (non-hydrogen) atoms. The Morgan fingerprint density at radius 1 is 1.25 bits per heavy atom. The van der Waals surface area contributed by atoms with Gasteiger partial charge in [0.25, 0.3) is 5.91 Å². The van der Waals surface area contributed by atoms with Gasteiger partial charge in [0.15, 0.2) is 11.0 Å². The number of aryl methyl sites for hydroxylation is 1. The number of hydrogen-bond donors (Lipinski definition) is 1. The lowest BCUT2D eigenvalue weighted by atomic mass is 10.2. The van der Waals surface area contributed by atoms with Gasteiger partial charge in [0.2, 0.25) is 5.89 Å². The Bertz CT molecular complexity index is 1120. The van der Waals surface area contributed by atoms with Crippen LogP contribution in [0.2, 0.25) is 4.34 Å². The highest BCUT2D eigenvalue weighted by atomic mass is 35.5. The number of amides is 1. The molecule has 0 spiro atoms. The standard InChI is InChI=1S/C18H13ClN4O2S3/c1-10-20-16(23-25-10)9-26-13-5-3-2-4-11(13)17(24)22-18-21-12(8-27-18)14-6-7-15(19)28-14/h2-8H,9H2,1H3,(H,21,22,24). The van der Waals surface area contributed by atoms with Gasteiger partial charge in [0.05, 0.1) is 26.2 Å². The molecule has 0 aliphatic heterocycles. The van der Waals surface area contributed by atoms with Crippen molar-refractivity contribution in [1.82, 2.24) is 15.1 Å². The third-order valence-corrected chi connectivity index (χ3v) is 6.69. The van der Waals surface area contributed by atoms with E-state index in [1.807, 2.05) is 35.7 Å². The summed E-state index contributed by atoms with van der Waals surface area (Å²) in [6.07, 6.45) is 0. The van der Waals surface area contributed by atoms with Crippen LogP contribution in [0.15, 0.2) is 51.2 Å². The maximum absolute atomic E-state index is 12.8. The van der Waals surface area contributed by atoms with Crippen molar-refractivity contribution in [2.75, 3.05) is 5.32 Å². The highest BCUT2D eigenvalue weighted by molar-refractivity contribution is 7.98. The Hall–Kier alpha value is -2.20. The minimum atomic E-state index is -0.211. The van der Waals surface area contributed by atoms with Crippen molar-refractivity contribution < 1.29 is 9.32 Å². The summed E-state index contributed by atoms with van der Waals surface area (Å²) < 4.78 is 5.69. The average molecular weight is 449 g/mol. The van der Waals surface area contributed by atoms with Crippen LogP contribution in [-0.2, 0) is 5.75 Å². The zero-order valence-electron chi connectivity index (χ0n) is 14.5. The highest BCUT2D eigenvalue weighted by Gasteiger charge is 2.15. The smallest absolute Gasteiger partial charge is 0.258 e. The molecule has 4 aromatic rings. The number of aromatic nitrogens is 3. The number of benzene rings is 1. The van der Waals surface area contributed by atoms with Crippen LogP contribution in [0.5, 0.6) is 0 Å². The van der Waals surface area contributed by atoms with Gasteiger partial charge in [-0.15, -0.1) is 34.4 Å². The number of nitrogens with one attached hydrogen (secondary N) is 1. The molecule has 1 amide bonds. The molecule has 142 valence electrons. The fourth-order valence-corrected chi connectivity index (χ4v) is 5.06. The van der Waals surface area contributed by atoms with E-state index in [0.29, 0.717) is 32.5 Å². The summed E-state index contributed by atoms with van der Waals surface area (Å²) in [5.41, 5.74) is 1.37. The van der Waals surface area contributed by atoms with Crippen molar-refractivity contribution in [3.63, 3.8) is 0 Å². The lowest BCUT2D eigenvalue weighted by Gasteiger charge is -2.07. The minimum Gasteiger partial charge on any atom is -0.340 e. The van der Waals surface area contributed by atoms with Crippen molar-refractivity contribution in [2.45, 2.75) is 17.6 Å². The van der Waals surface area contributed by atoms with Gasteiger partial charge in [-0.2, -0.15) is 4.98 Å². The molecule has 4 rings (SSSR count). The summed E-state index contributed by atoms with van der Waals surface area (Å²) in [5.74, 6) is 1.42. The van der Waals surface area contributed by atoms with Crippen LogP contribution in [0, 0.1) is 6.92 Å². The first-order valence-electron chi connectivity index (χ1n) is 8.12. The van der Waals surface area contributed by atoms with Crippen LogP contribution < -0.4 is 5.32 Å². The molecule has 0 aliphatic carbocycles. The largest absolute Gasteiger partial charge is 0.340 e. The average Bonchev–Trinajstić information content (AvgIpc) is 3.42. The zero-order chi connectivity index (χ0) is 19.5. The van der Waals surface area contributed by atoms with E-state index < -0.39 is 0 Å². The molecule has 0 saturated heterocycles. The van der Waals surface area contributed by atoms with E-state index >= 15 is 0 Å². The molecule has 3 aromatic heterocycles. The summed E-state index contributed by atoms with van der Waals surface area (Å²) in [6.45, 7) is 1.75. The monoisotopic (exact) mass is 448 g/mol. The summed E-state index contributed by atoms with van der Waals surface area (Å²) in [6, 6.07) is 11.2. The van der Waals surface area contributed by atoms with Crippen LogP contribution in [0.25, 0.3) is 10.6 Å². The van der Waals surface area contributed by atoms with Crippen molar-refractivity contribution in [3.8, 4) is 10.6 Å². The van der Waals surface area contributed by atoms with Gasteiger partial charge in [-0.3, -0.25) is 10.1 Å². The maximum atomic E-state index is 12.8. The fraction of sp³-hybridized carbons (Fsp3) is 0.111. The van der Waals surface area contributed by atoms with Crippen LogP contribution in [0.4, 0.5) is 5.13 Å². The number of nitrogens with zero attached hydrogens (tertiary/aromatic N) is 3. The van der Waals surface area contributed by atoms with Crippen molar-refractivity contribution in [3.05, 3.63) is 63.4 Å². The van der Waals surface area contributed by atoms with Gasteiger partial charge >= 0.3 is 0 Å². The second-order valence-corrected chi connectivity index (χ2v) is 9.20. The number of rotatable bonds is 6. The molecule has 6 nitrogen and oxygen atoms in total. The quantitative estimate of drug-likeness (QED) is 0.377. The SMILES string of the molecule is Cc1nc(CSc2ccccc2C(=O)Nc2nc(-c3ccc(Cl)s3)cs2)no1.